The van der Waals surface area contributed by atoms with Gasteiger partial charge in [-0.05, 0) is 30.7 Å². The third kappa shape index (κ3) is 3.46. The van der Waals surface area contributed by atoms with Crippen LogP contribution in [0.4, 0.5) is 0 Å². The summed E-state index contributed by atoms with van der Waals surface area (Å²) in [7, 11) is 0. The van der Waals surface area contributed by atoms with Crippen LogP contribution >= 0.6 is 0 Å². The number of nitrogens with zero attached hydrogens (tertiary/aromatic N) is 4. The number of hydrogen-bond acceptors (Lipinski definition) is 5. The molecular weight excluding hydrogens is 320 g/mol. The third-order valence-corrected chi connectivity index (χ3v) is 4.61. The van der Waals surface area contributed by atoms with Gasteiger partial charge in [0.25, 0.3) is 0 Å². The maximum atomic E-state index is 12.5. The van der Waals surface area contributed by atoms with Crippen LogP contribution in [0.2, 0.25) is 0 Å². The molecule has 2 aromatic rings. The Labute approximate surface area is 146 Å². The molecule has 2 aliphatic rings. The van der Waals surface area contributed by atoms with Gasteiger partial charge in [-0.2, -0.15) is 5.10 Å². The fourth-order valence-corrected chi connectivity index (χ4v) is 3.21. The second-order valence-electron chi connectivity index (χ2n) is 6.38. The zero-order valence-corrected chi connectivity index (χ0v) is 14.4. The maximum Gasteiger partial charge on any atom is 0.237 e. The first-order valence-corrected chi connectivity index (χ1v) is 8.62. The van der Waals surface area contributed by atoms with E-state index in [0.717, 1.165) is 48.9 Å². The van der Waals surface area contributed by atoms with Crippen molar-refractivity contribution in [3.8, 4) is 11.5 Å². The monoisotopic (exact) mass is 342 g/mol. The molecule has 0 spiro atoms. The number of ether oxygens (including phenoxy) is 2. The van der Waals surface area contributed by atoms with Crippen LogP contribution in [-0.4, -0.2) is 51.9 Å². The Morgan fingerprint density at radius 3 is 2.80 bits per heavy atom. The Balaban J connectivity index is 1.34. The summed E-state index contributed by atoms with van der Waals surface area (Å²) in [5.41, 5.74) is 2.08. The number of rotatable bonds is 5. The van der Waals surface area contributed by atoms with Gasteiger partial charge < -0.3 is 14.4 Å². The minimum absolute atomic E-state index is 0.152. The van der Waals surface area contributed by atoms with Crippen LogP contribution < -0.4 is 9.47 Å². The van der Waals surface area contributed by atoms with Gasteiger partial charge in [0.15, 0.2) is 11.5 Å². The molecule has 132 valence electrons. The Kier molecular flexibility index (Phi) is 4.31. The van der Waals surface area contributed by atoms with Gasteiger partial charge in [0.1, 0.15) is 0 Å². The Hall–Kier alpha value is -2.54. The molecule has 0 unspecified atom stereocenters. The molecule has 7 nitrogen and oxygen atoms in total. The highest BCUT2D eigenvalue weighted by Gasteiger charge is 2.25. The summed E-state index contributed by atoms with van der Waals surface area (Å²) in [6, 6.07) is 7.87. The maximum absolute atomic E-state index is 12.5. The average Bonchev–Trinajstić information content (AvgIpc) is 3.25. The molecule has 0 atom stereocenters. The topological polar surface area (TPSA) is 59.8 Å². The van der Waals surface area contributed by atoms with Gasteiger partial charge in [-0.1, -0.05) is 6.07 Å². The van der Waals surface area contributed by atoms with Crippen LogP contribution in [-0.2, 0) is 24.4 Å². The fraction of sp³-hybridized carbons (Fsp3) is 0.444. The summed E-state index contributed by atoms with van der Waals surface area (Å²) in [5.74, 6) is 1.68. The molecule has 0 bridgehead atoms. The summed E-state index contributed by atoms with van der Waals surface area (Å²) in [5, 5.41) is 4.49. The molecule has 0 radical (unpaired) electrons. The minimum Gasteiger partial charge on any atom is -0.454 e. The van der Waals surface area contributed by atoms with Gasteiger partial charge in [0, 0.05) is 38.9 Å². The van der Waals surface area contributed by atoms with Crippen molar-refractivity contribution in [3.63, 3.8) is 0 Å². The minimum atomic E-state index is 0.152. The highest BCUT2D eigenvalue weighted by molar-refractivity contribution is 5.79. The van der Waals surface area contributed by atoms with E-state index in [1.165, 1.54) is 0 Å². The van der Waals surface area contributed by atoms with Gasteiger partial charge in [0.05, 0.1) is 12.2 Å². The van der Waals surface area contributed by atoms with E-state index in [2.05, 4.69) is 16.9 Å². The molecular formula is C18H22N4O3. The number of hydrogen-bond donors (Lipinski definition) is 0. The van der Waals surface area contributed by atoms with Gasteiger partial charge in [0.2, 0.25) is 12.7 Å². The van der Waals surface area contributed by atoms with Crippen molar-refractivity contribution in [3.05, 3.63) is 41.7 Å². The standard InChI is InChI=1S/C18H22N4O3/c1-2-22-6-5-15(19-22)11-20-7-8-21(18(23)12-20)10-14-3-4-16-17(9-14)25-13-24-16/h3-6,9H,2,7-8,10-13H2,1H3. The summed E-state index contributed by atoms with van der Waals surface area (Å²) >= 11 is 0. The van der Waals surface area contributed by atoms with E-state index in [-0.39, 0.29) is 12.7 Å². The number of benzene rings is 1. The fourth-order valence-electron chi connectivity index (χ4n) is 3.21. The van der Waals surface area contributed by atoms with Crippen LogP contribution in [0.1, 0.15) is 18.2 Å². The van der Waals surface area contributed by atoms with Crippen molar-refractivity contribution in [2.75, 3.05) is 26.4 Å². The molecule has 1 aromatic carbocycles. The normalized spacial score (nSPS) is 17.3. The zero-order valence-electron chi connectivity index (χ0n) is 14.4. The van der Waals surface area contributed by atoms with Crippen molar-refractivity contribution in [2.45, 2.75) is 26.6 Å². The van der Waals surface area contributed by atoms with E-state index >= 15 is 0 Å². The van der Waals surface area contributed by atoms with E-state index in [4.69, 9.17) is 9.47 Å². The van der Waals surface area contributed by atoms with E-state index < -0.39 is 0 Å². The lowest BCUT2D eigenvalue weighted by molar-refractivity contribution is -0.136. The van der Waals surface area contributed by atoms with E-state index in [1.807, 2.05) is 40.0 Å². The zero-order chi connectivity index (χ0) is 17.2. The van der Waals surface area contributed by atoms with Crippen molar-refractivity contribution >= 4 is 5.91 Å². The van der Waals surface area contributed by atoms with Crippen molar-refractivity contribution in [2.24, 2.45) is 0 Å². The Morgan fingerprint density at radius 2 is 2.00 bits per heavy atom. The van der Waals surface area contributed by atoms with Crippen LogP contribution in [0.5, 0.6) is 11.5 Å². The molecule has 0 N–H and O–H groups in total. The molecule has 1 saturated heterocycles. The second kappa shape index (κ2) is 6.76. The largest absolute Gasteiger partial charge is 0.454 e. The predicted octanol–water partition coefficient (Wildman–Crippen LogP) is 1.48. The number of carbonyl (C=O) groups is 1. The molecule has 1 fully saturated rings. The first-order chi connectivity index (χ1) is 12.2. The highest BCUT2D eigenvalue weighted by Crippen LogP contribution is 2.32. The number of carbonyl (C=O) groups excluding carboxylic acids is 1. The molecule has 0 aliphatic carbocycles. The SMILES string of the molecule is CCn1ccc(CN2CCN(Cc3ccc4c(c3)OCO4)C(=O)C2)n1. The van der Waals surface area contributed by atoms with Gasteiger partial charge in [-0.25, -0.2) is 0 Å². The van der Waals surface area contributed by atoms with Gasteiger partial charge >= 0.3 is 0 Å². The number of piperazine rings is 1. The quantitative estimate of drug-likeness (QED) is 0.824. The molecule has 4 rings (SSSR count). The van der Waals surface area contributed by atoms with E-state index in [1.54, 1.807) is 0 Å². The van der Waals surface area contributed by atoms with E-state index in [9.17, 15) is 4.79 Å². The van der Waals surface area contributed by atoms with Gasteiger partial charge in [-0.3, -0.25) is 14.4 Å². The lowest BCUT2D eigenvalue weighted by Gasteiger charge is -2.34. The molecule has 0 saturated carbocycles. The Morgan fingerprint density at radius 1 is 1.12 bits per heavy atom. The van der Waals surface area contributed by atoms with Crippen LogP contribution in [0.25, 0.3) is 0 Å². The first-order valence-electron chi connectivity index (χ1n) is 8.62. The predicted molar refractivity (Wildman–Crippen MR) is 91.2 cm³/mol. The van der Waals surface area contributed by atoms with Gasteiger partial charge in [-0.15, -0.1) is 0 Å². The number of aromatic nitrogens is 2. The summed E-state index contributed by atoms with van der Waals surface area (Å²) in [6.45, 7) is 6.53. The first kappa shape index (κ1) is 16.0. The van der Waals surface area contributed by atoms with Crippen molar-refractivity contribution in [1.82, 2.24) is 19.6 Å². The lowest BCUT2D eigenvalue weighted by atomic mass is 10.1. The van der Waals surface area contributed by atoms with E-state index in [0.29, 0.717) is 13.1 Å². The molecule has 25 heavy (non-hydrogen) atoms. The van der Waals surface area contributed by atoms with Crippen LogP contribution in [0.3, 0.4) is 0 Å². The smallest absolute Gasteiger partial charge is 0.237 e. The molecule has 1 amide bonds. The lowest BCUT2D eigenvalue weighted by Crippen LogP contribution is -2.49. The van der Waals surface area contributed by atoms with Crippen molar-refractivity contribution in [1.29, 1.82) is 0 Å². The van der Waals surface area contributed by atoms with Crippen molar-refractivity contribution < 1.29 is 14.3 Å². The Bertz CT molecular complexity index is 773. The number of amides is 1. The molecule has 1 aromatic heterocycles. The van der Waals surface area contributed by atoms with Crippen LogP contribution in [0, 0.1) is 0 Å². The number of fused-ring (bicyclic) bond motifs is 1. The second-order valence-corrected chi connectivity index (χ2v) is 6.38. The summed E-state index contributed by atoms with van der Waals surface area (Å²) < 4.78 is 12.6. The molecule has 7 heteroatoms. The molecule has 3 heterocycles. The highest BCUT2D eigenvalue weighted by atomic mass is 16.7. The number of aryl methyl sites for hydroxylation is 1. The summed E-state index contributed by atoms with van der Waals surface area (Å²) in [6.07, 6.45) is 1.98. The third-order valence-electron chi connectivity index (χ3n) is 4.61. The van der Waals surface area contributed by atoms with Crippen LogP contribution in [0.15, 0.2) is 30.5 Å². The average molecular weight is 342 g/mol. The summed E-state index contributed by atoms with van der Waals surface area (Å²) in [4.78, 5) is 16.6. The molecule has 2 aliphatic heterocycles.